The van der Waals surface area contributed by atoms with Gasteiger partial charge >= 0.3 is 0 Å². The van der Waals surface area contributed by atoms with Crippen LogP contribution in [0.15, 0.2) is 12.2 Å². The van der Waals surface area contributed by atoms with Crippen LogP contribution in [0.3, 0.4) is 0 Å². The summed E-state index contributed by atoms with van der Waals surface area (Å²) in [5.74, 6) is 0.739. The van der Waals surface area contributed by atoms with Crippen LogP contribution in [-0.4, -0.2) is 18.5 Å². The first-order valence-electron chi connectivity index (χ1n) is 6.93. The number of rotatable bonds is 7. The molecular formula is C15H26O2. The number of allylic oxidation sites excluding steroid dienone is 1. The van der Waals surface area contributed by atoms with Gasteiger partial charge in [-0.25, -0.2) is 0 Å². The second-order valence-corrected chi connectivity index (χ2v) is 5.20. The van der Waals surface area contributed by atoms with Gasteiger partial charge in [-0.05, 0) is 39.0 Å². The molecule has 98 valence electrons. The molecule has 1 saturated carbocycles. The summed E-state index contributed by atoms with van der Waals surface area (Å²) in [7, 11) is 0. The zero-order chi connectivity index (χ0) is 12.7. The van der Waals surface area contributed by atoms with Gasteiger partial charge in [0.05, 0.1) is 0 Å². The van der Waals surface area contributed by atoms with Crippen LogP contribution in [0.2, 0.25) is 0 Å². The molecule has 1 unspecified atom stereocenters. The highest BCUT2D eigenvalue weighted by Crippen LogP contribution is 2.29. The third-order valence-electron chi connectivity index (χ3n) is 3.54. The van der Waals surface area contributed by atoms with E-state index in [9.17, 15) is 4.79 Å². The molecule has 1 aliphatic carbocycles. The second kappa shape index (κ2) is 7.65. The van der Waals surface area contributed by atoms with Crippen LogP contribution in [0.4, 0.5) is 0 Å². The van der Waals surface area contributed by atoms with E-state index in [1.54, 1.807) is 0 Å². The van der Waals surface area contributed by atoms with E-state index in [1.165, 1.54) is 19.3 Å². The average molecular weight is 238 g/mol. The lowest BCUT2D eigenvalue weighted by atomic mass is 9.83. The smallest absolute Gasteiger partial charge is 0.162 e. The van der Waals surface area contributed by atoms with Gasteiger partial charge in [-0.3, -0.25) is 4.79 Å². The molecular weight excluding hydrogens is 212 g/mol. The summed E-state index contributed by atoms with van der Waals surface area (Å²) in [4.78, 5) is 12.2. The first-order valence-corrected chi connectivity index (χ1v) is 6.93. The van der Waals surface area contributed by atoms with Crippen molar-refractivity contribution in [2.45, 2.75) is 64.9 Å². The Kier molecular flexibility index (Phi) is 6.49. The van der Waals surface area contributed by atoms with Crippen LogP contribution in [0.5, 0.6) is 0 Å². The Morgan fingerprint density at radius 2 is 1.94 bits per heavy atom. The van der Waals surface area contributed by atoms with Crippen LogP contribution in [0.25, 0.3) is 0 Å². The third kappa shape index (κ3) is 5.03. The summed E-state index contributed by atoms with van der Waals surface area (Å²) in [5, 5.41) is 0. The number of hydrogen-bond donors (Lipinski definition) is 0. The summed E-state index contributed by atoms with van der Waals surface area (Å²) in [6, 6.07) is 0. The van der Waals surface area contributed by atoms with Crippen LogP contribution in [0.1, 0.15) is 58.8 Å². The van der Waals surface area contributed by atoms with Gasteiger partial charge in [-0.15, -0.1) is 6.58 Å². The lowest BCUT2D eigenvalue weighted by Gasteiger charge is -2.29. The van der Waals surface area contributed by atoms with E-state index in [2.05, 4.69) is 6.58 Å². The zero-order valence-corrected chi connectivity index (χ0v) is 11.3. The van der Waals surface area contributed by atoms with Crippen LogP contribution in [0, 0.1) is 5.92 Å². The van der Waals surface area contributed by atoms with E-state index < -0.39 is 0 Å². The SMILES string of the molecule is C=C(C)CCC(=O)C(OCC)C1CCCCC1. The van der Waals surface area contributed by atoms with Crippen molar-refractivity contribution in [2.75, 3.05) is 6.61 Å². The minimum absolute atomic E-state index is 0.153. The Morgan fingerprint density at radius 1 is 1.29 bits per heavy atom. The van der Waals surface area contributed by atoms with Crippen molar-refractivity contribution < 1.29 is 9.53 Å². The second-order valence-electron chi connectivity index (χ2n) is 5.20. The van der Waals surface area contributed by atoms with Gasteiger partial charge in [0.15, 0.2) is 5.78 Å². The number of ether oxygens (including phenoxy) is 1. The maximum Gasteiger partial charge on any atom is 0.162 e. The van der Waals surface area contributed by atoms with Gasteiger partial charge in [-0.1, -0.05) is 24.8 Å². The monoisotopic (exact) mass is 238 g/mol. The number of carbonyl (C=O) groups excluding carboxylic acids is 1. The largest absolute Gasteiger partial charge is 0.370 e. The minimum atomic E-state index is -0.153. The maximum atomic E-state index is 12.2. The Labute approximate surface area is 105 Å². The summed E-state index contributed by atoms with van der Waals surface area (Å²) < 4.78 is 5.70. The number of ketones is 1. The maximum absolute atomic E-state index is 12.2. The molecule has 0 aromatic rings. The van der Waals surface area contributed by atoms with Gasteiger partial charge in [0, 0.05) is 13.0 Å². The molecule has 0 heterocycles. The summed E-state index contributed by atoms with van der Waals surface area (Å²) in [6.45, 7) is 8.44. The van der Waals surface area contributed by atoms with Gasteiger partial charge in [0.2, 0.25) is 0 Å². The fourth-order valence-electron chi connectivity index (χ4n) is 2.59. The molecule has 1 aliphatic rings. The average Bonchev–Trinajstić information content (AvgIpc) is 2.34. The van der Waals surface area contributed by atoms with Gasteiger partial charge in [0.1, 0.15) is 6.10 Å². The Bertz CT molecular complexity index is 252. The Hall–Kier alpha value is -0.630. The minimum Gasteiger partial charge on any atom is -0.370 e. The van der Waals surface area contributed by atoms with Gasteiger partial charge in [-0.2, -0.15) is 0 Å². The number of hydrogen-bond acceptors (Lipinski definition) is 2. The van der Waals surface area contributed by atoms with Crippen molar-refractivity contribution in [2.24, 2.45) is 5.92 Å². The molecule has 0 bridgehead atoms. The van der Waals surface area contributed by atoms with Crippen molar-refractivity contribution in [3.63, 3.8) is 0 Å². The molecule has 0 radical (unpaired) electrons. The third-order valence-corrected chi connectivity index (χ3v) is 3.54. The lowest BCUT2D eigenvalue weighted by Crippen LogP contribution is -2.34. The summed E-state index contributed by atoms with van der Waals surface area (Å²) >= 11 is 0. The van der Waals surface area contributed by atoms with Crippen LogP contribution in [-0.2, 0) is 9.53 Å². The van der Waals surface area contributed by atoms with Crippen molar-refractivity contribution in [3.05, 3.63) is 12.2 Å². The van der Waals surface area contributed by atoms with Crippen molar-refractivity contribution in [3.8, 4) is 0 Å². The first-order chi connectivity index (χ1) is 8.15. The van der Waals surface area contributed by atoms with Crippen LogP contribution < -0.4 is 0 Å². The Balaban J connectivity index is 2.50. The quantitative estimate of drug-likeness (QED) is 0.629. The number of carbonyl (C=O) groups is 1. The molecule has 0 aromatic carbocycles. The summed E-state index contributed by atoms with van der Waals surface area (Å²) in [5.41, 5.74) is 1.08. The van der Waals surface area contributed by atoms with E-state index >= 15 is 0 Å². The molecule has 1 rings (SSSR count). The molecule has 2 heteroatoms. The highest BCUT2D eigenvalue weighted by molar-refractivity contribution is 5.83. The molecule has 1 atom stereocenters. The van der Waals surface area contributed by atoms with Crippen molar-refractivity contribution in [1.29, 1.82) is 0 Å². The predicted octanol–water partition coefficient (Wildman–Crippen LogP) is 3.90. The molecule has 17 heavy (non-hydrogen) atoms. The molecule has 1 fully saturated rings. The van der Waals surface area contributed by atoms with E-state index in [-0.39, 0.29) is 11.9 Å². The van der Waals surface area contributed by atoms with E-state index in [0.29, 0.717) is 18.9 Å². The molecule has 2 nitrogen and oxygen atoms in total. The zero-order valence-electron chi connectivity index (χ0n) is 11.3. The topological polar surface area (TPSA) is 26.3 Å². The standard InChI is InChI=1S/C15H26O2/c1-4-17-15(13-8-6-5-7-9-13)14(16)11-10-12(2)3/h13,15H,2,4-11H2,1,3H3. The molecule has 0 amide bonds. The van der Waals surface area contributed by atoms with Gasteiger partial charge < -0.3 is 4.74 Å². The lowest BCUT2D eigenvalue weighted by molar-refractivity contribution is -0.134. The predicted molar refractivity (Wildman–Crippen MR) is 71.0 cm³/mol. The number of Topliss-reactive ketones (excluding diaryl/α,β-unsaturated/α-hetero) is 1. The van der Waals surface area contributed by atoms with Crippen molar-refractivity contribution >= 4 is 5.78 Å². The normalized spacial score (nSPS) is 18.9. The fourth-order valence-corrected chi connectivity index (χ4v) is 2.59. The molecule has 0 aliphatic heterocycles. The van der Waals surface area contributed by atoms with E-state index in [4.69, 9.17) is 4.74 Å². The highest BCUT2D eigenvalue weighted by atomic mass is 16.5. The van der Waals surface area contributed by atoms with Gasteiger partial charge in [0.25, 0.3) is 0 Å². The fraction of sp³-hybridized carbons (Fsp3) is 0.800. The molecule has 0 aromatic heterocycles. The van der Waals surface area contributed by atoms with E-state index in [0.717, 1.165) is 24.8 Å². The van der Waals surface area contributed by atoms with Crippen LogP contribution >= 0.6 is 0 Å². The highest BCUT2D eigenvalue weighted by Gasteiger charge is 2.29. The molecule has 0 N–H and O–H groups in total. The van der Waals surface area contributed by atoms with Crippen molar-refractivity contribution in [1.82, 2.24) is 0 Å². The molecule has 0 spiro atoms. The summed E-state index contributed by atoms with van der Waals surface area (Å²) in [6.07, 6.45) is 7.37. The molecule has 0 saturated heterocycles. The van der Waals surface area contributed by atoms with E-state index in [1.807, 2.05) is 13.8 Å². The first kappa shape index (κ1) is 14.4. The Morgan fingerprint density at radius 3 is 2.47 bits per heavy atom.